The molecule has 7 heteroatoms. The van der Waals surface area contributed by atoms with Gasteiger partial charge < -0.3 is 11.1 Å². The zero-order valence-corrected chi connectivity index (χ0v) is 15.8. The van der Waals surface area contributed by atoms with Gasteiger partial charge in [-0.2, -0.15) is 5.10 Å². The maximum atomic E-state index is 13.9. The Morgan fingerprint density at radius 2 is 2.04 bits per heavy atom. The van der Waals surface area contributed by atoms with Crippen molar-refractivity contribution in [1.29, 1.82) is 0 Å². The second kappa shape index (κ2) is 7.55. The summed E-state index contributed by atoms with van der Waals surface area (Å²) in [6.07, 6.45) is 2.16. The zero-order valence-electron chi connectivity index (χ0n) is 15.0. The maximum absolute atomic E-state index is 13.9. The molecule has 0 fully saturated rings. The van der Waals surface area contributed by atoms with Crippen molar-refractivity contribution in [2.75, 3.05) is 11.9 Å². The number of nitrogens with zero attached hydrogens (tertiary/aromatic N) is 2. The third-order valence-corrected chi connectivity index (χ3v) is 5.38. The van der Waals surface area contributed by atoms with E-state index < -0.39 is 11.6 Å². The Morgan fingerprint density at radius 3 is 2.69 bits per heavy atom. The smallest absolute Gasteiger partial charge is 0.126 e. The highest BCUT2D eigenvalue weighted by atomic mass is 32.1. The summed E-state index contributed by atoms with van der Waals surface area (Å²) in [5, 5.41) is 8.61. The van der Waals surface area contributed by atoms with E-state index in [2.05, 4.69) is 23.4 Å². The van der Waals surface area contributed by atoms with E-state index in [4.69, 9.17) is 5.73 Å². The summed E-state index contributed by atoms with van der Waals surface area (Å²) in [4.78, 5) is 1.16. The summed E-state index contributed by atoms with van der Waals surface area (Å²) in [6.45, 7) is 4.40. The Bertz CT molecular complexity index is 897. The molecule has 138 valence electrons. The molecular formula is C19H22F2N4S. The fourth-order valence-electron chi connectivity index (χ4n) is 3.08. The molecule has 26 heavy (non-hydrogen) atoms. The highest BCUT2D eigenvalue weighted by molar-refractivity contribution is 7.16. The molecule has 0 saturated heterocycles. The van der Waals surface area contributed by atoms with Crippen LogP contribution in [0.2, 0.25) is 0 Å². The van der Waals surface area contributed by atoms with Crippen LogP contribution in [0.4, 0.5) is 13.8 Å². The lowest BCUT2D eigenvalue weighted by Gasteiger charge is -2.17. The van der Waals surface area contributed by atoms with Crippen LogP contribution in [0.25, 0.3) is 11.3 Å². The number of thiophene rings is 1. The van der Waals surface area contributed by atoms with E-state index in [-0.39, 0.29) is 6.04 Å². The van der Waals surface area contributed by atoms with Crippen LogP contribution >= 0.6 is 11.3 Å². The van der Waals surface area contributed by atoms with Crippen LogP contribution < -0.4 is 11.1 Å². The van der Waals surface area contributed by atoms with Gasteiger partial charge in [-0.15, -0.1) is 11.3 Å². The Morgan fingerprint density at radius 1 is 1.27 bits per heavy atom. The third kappa shape index (κ3) is 3.78. The van der Waals surface area contributed by atoms with Gasteiger partial charge in [-0.3, -0.25) is 4.68 Å². The van der Waals surface area contributed by atoms with Gasteiger partial charge in [0, 0.05) is 30.1 Å². The van der Waals surface area contributed by atoms with Crippen molar-refractivity contribution >= 4 is 16.3 Å². The molecule has 3 aromatic rings. The van der Waals surface area contributed by atoms with E-state index in [1.165, 1.54) is 6.07 Å². The van der Waals surface area contributed by atoms with Crippen molar-refractivity contribution < 1.29 is 8.78 Å². The van der Waals surface area contributed by atoms with E-state index in [9.17, 15) is 8.78 Å². The zero-order chi connectivity index (χ0) is 18.8. The molecule has 0 unspecified atom stereocenters. The van der Waals surface area contributed by atoms with Gasteiger partial charge in [0.15, 0.2) is 0 Å². The van der Waals surface area contributed by atoms with Crippen LogP contribution in [0.5, 0.6) is 0 Å². The number of hydrogen-bond donors (Lipinski definition) is 2. The normalized spacial score (nSPS) is 12.4. The first-order valence-electron chi connectivity index (χ1n) is 8.39. The fourth-order valence-corrected chi connectivity index (χ4v) is 4.08. The third-order valence-electron chi connectivity index (χ3n) is 4.40. The number of nitrogens with one attached hydrogen (secondary N) is 1. The Balaban J connectivity index is 1.81. The van der Waals surface area contributed by atoms with Gasteiger partial charge in [0.1, 0.15) is 11.6 Å². The van der Waals surface area contributed by atoms with E-state index in [0.29, 0.717) is 18.5 Å². The summed E-state index contributed by atoms with van der Waals surface area (Å²) in [6, 6.07) is 5.37. The number of aromatic nitrogens is 2. The standard InChI is InChI=1S/C19H22F2N4S/c1-11-10-23-25(3)19(11)16-8-18(26-12(16)2)24-15(9-22)7-13-6-14(20)4-5-17(13)21/h4-6,8,10,15,24H,7,9,22H2,1-3H3/t15-/m0/s1. The van der Waals surface area contributed by atoms with Crippen LogP contribution in [-0.4, -0.2) is 22.4 Å². The monoisotopic (exact) mass is 376 g/mol. The van der Waals surface area contributed by atoms with Crippen LogP contribution in [0.3, 0.4) is 0 Å². The minimum atomic E-state index is -0.446. The van der Waals surface area contributed by atoms with Crippen molar-refractivity contribution in [2.24, 2.45) is 12.8 Å². The van der Waals surface area contributed by atoms with E-state index >= 15 is 0 Å². The maximum Gasteiger partial charge on any atom is 0.126 e. The second-order valence-electron chi connectivity index (χ2n) is 6.40. The molecule has 0 amide bonds. The molecule has 3 N–H and O–H groups in total. The number of hydrogen-bond acceptors (Lipinski definition) is 4. The minimum Gasteiger partial charge on any atom is -0.373 e. The Hall–Kier alpha value is -2.25. The van der Waals surface area contributed by atoms with E-state index in [1.807, 2.05) is 24.9 Å². The molecule has 4 nitrogen and oxygen atoms in total. The number of aryl methyl sites for hydroxylation is 3. The van der Waals surface area contributed by atoms with Crippen LogP contribution in [0.15, 0.2) is 30.5 Å². The van der Waals surface area contributed by atoms with Gasteiger partial charge in [-0.05, 0) is 55.7 Å². The molecule has 0 saturated carbocycles. The number of nitrogens with two attached hydrogens (primary N) is 1. The predicted octanol–water partition coefficient (Wildman–Crippen LogP) is 4.03. The lowest BCUT2D eigenvalue weighted by atomic mass is 10.1. The largest absolute Gasteiger partial charge is 0.373 e. The Kier molecular flexibility index (Phi) is 5.38. The summed E-state index contributed by atoms with van der Waals surface area (Å²) in [5.74, 6) is -0.863. The molecule has 0 aliphatic carbocycles. The first kappa shape index (κ1) is 18.5. The lowest BCUT2D eigenvalue weighted by Crippen LogP contribution is -2.31. The molecule has 1 atom stereocenters. The molecule has 0 aliphatic rings. The van der Waals surface area contributed by atoms with Gasteiger partial charge >= 0.3 is 0 Å². The van der Waals surface area contributed by atoms with Crippen molar-refractivity contribution in [1.82, 2.24) is 9.78 Å². The first-order chi connectivity index (χ1) is 12.4. The number of anilines is 1. The van der Waals surface area contributed by atoms with Gasteiger partial charge in [0.05, 0.1) is 16.9 Å². The van der Waals surface area contributed by atoms with Gasteiger partial charge in [0.25, 0.3) is 0 Å². The quantitative estimate of drug-likeness (QED) is 0.683. The van der Waals surface area contributed by atoms with Crippen LogP contribution in [0.1, 0.15) is 16.0 Å². The molecule has 0 aliphatic heterocycles. The molecule has 3 rings (SSSR count). The summed E-state index contributed by atoms with van der Waals surface area (Å²) in [7, 11) is 1.92. The molecule has 2 aromatic heterocycles. The SMILES string of the molecule is Cc1cnn(C)c1-c1cc(N[C@H](CN)Cc2cc(F)ccc2F)sc1C. The van der Waals surface area contributed by atoms with E-state index in [0.717, 1.165) is 38.8 Å². The molecule has 0 spiro atoms. The topological polar surface area (TPSA) is 55.9 Å². The van der Waals surface area contributed by atoms with E-state index in [1.54, 1.807) is 11.3 Å². The molecule has 1 aromatic carbocycles. The summed E-state index contributed by atoms with van der Waals surface area (Å²) in [5.41, 5.74) is 9.48. The molecule has 0 bridgehead atoms. The molecule has 0 radical (unpaired) electrons. The van der Waals surface area contributed by atoms with Gasteiger partial charge in [-0.1, -0.05) is 0 Å². The number of rotatable bonds is 6. The predicted molar refractivity (Wildman–Crippen MR) is 103 cm³/mol. The number of benzene rings is 1. The Labute approximate surface area is 155 Å². The van der Waals surface area contributed by atoms with Gasteiger partial charge in [-0.25, -0.2) is 8.78 Å². The summed E-state index contributed by atoms with van der Waals surface area (Å²) >= 11 is 1.62. The minimum absolute atomic E-state index is 0.190. The molecule has 2 heterocycles. The van der Waals surface area contributed by atoms with Crippen LogP contribution in [-0.2, 0) is 13.5 Å². The highest BCUT2D eigenvalue weighted by Crippen LogP contribution is 2.35. The second-order valence-corrected chi connectivity index (χ2v) is 7.65. The highest BCUT2D eigenvalue weighted by Gasteiger charge is 2.17. The fraction of sp³-hybridized carbons (Fsp3) is 0.316. The number of halogens is 2. The average molecular weight is 376 g/mol. The van der Waals surface area contributed by atoms with Crippen molar-refractivity contribution in [3.05, 3.63) is 58.1 Å². The van der Waals surface area contributed by atoms with Crippen molar-refractivity contribution in [3.63, 3.8) is 0 Å². The van der Waals surface area contributed by atoms with Crippen LogP contribution in [0, 0.1) is 25.5 Å². The van der Waals surface area contributed by atoms with Crippen molar-refractivity contribution in [3.8, 4) is 11.3 Å². The first-order valence-corrected chi connectivity index (χ1v) is 9.20. The average Bonchev–Trinajstić information content (AvgIpc) is 3.11. The van der Waals surface area contributed by atoms with Crippen molar-refractivity contribution in [2.45, 2.75) is 26.3 Å². The van der Waals surface area contributed by atoms with Gasteiger partial charge in [0.2, 0.25) is 0 Å². The summed E-state index contributed by atoms with van der Waals surface area (Å²) < 4.78 is 29.2. The molecular weight excluding hydrogens is 354 g/mol. The lowest BCUT2D eigenvalue weighted by molar-refractivity contribution is 0.575.